The first-order valence-corrected chi connectivity index (χ1v) is 6.31. The molecule has 5 heteroatoms. The summed E-state index contributed by atoms with van der Waals surface area (Å²) >= 11 is 0. The normalized spacial score (nSPS) is 11.9. The molecule has 0 aliphatic carbocycles. The van der Waals surface area contributed by atoms with Crippen molar-refractivity contribution in [2.24, 2.45) is 0 Å². The molecule has 1 N–H and O–H groups in total. The van der Waals surface area contributed by atoms with E-state index in [2.05, 4.69) is 22.0 Å². The Balaban J connectivity index is 3.71. The van der Waals surface area contributed by atoms with Gasteiger partial charge in [-0.05, 0) is 13.5 Å². The number of nitrogens with zero attached hydrogens (tertiary/aromatic N) is 1. The molecule has 0 atom stereocenters. The molecule has 0 aromatic carbocycles. The molecule has 106 valence electrons. The minimum Gasteiger partial charge on any atom is -0.466 e. The van der Waals surface area contributed by atoms with Crippen molar-refractivity contribution in [2.75, 3.05) is 54.1 Å². The fourth-order valence-electron chi connectivity index (χ4n) is 1.43. The van der Waals surface area contributed by atoms with Gasteiger partial charge < -0.3 is 19.7 Å². The van der Waals surface area contributed by atoms with Gasteiger partial charge >= 0.3 is 5.97 Å². The second-order valence-electron chi connectivity index (χ2n) is 4.07. The molecule has 0 radical (unpaired) electrons. The first-order valence-electron chi connectivity index (χ1n) is 6.31. The Bertz CT molecular complexity index is 255. The van der Waals surface area contributed by atoms with Crippen LogP contribution in [0.2, 0.25) is 0 Å². The zero-order chi connectivity index (χ0) is 13.8. The summed E-state index contributed by atoms with van der Waals surface area (Å²) in [6.07, 6.45) is 2.59. The maximum atomic E-state index is 11.3. The van der Waals surface area contributed by atoms with Gasteiger partial charge in [0.15, 0.2) is 0 Å². The van der Waals surface area contributed by atoms with E-state index in [0.717, 1.165) is 31.8 Å². The first kappa shape index (κ1) is 17.1. The second kappa shape index (κ2) is 11.2. The van der Waals surface area contributed by atoms with Crippen LogP contribution in [-0.4, -0.2) is 64.9 Å². The van der Waals surface area contributed by atoms with Crippen LogP contribution in [0.15, 0.2) is 11.6 Å². The van der Waals surface area contributed by atoms with E-state index < -0.39 is 0 Å². The van der Waals surface area contributed by atoms with Gasteiger partial charge in [0.2, 0.25) is 0 Å². The van der Waals surface area contributed by atoms with Crippen molar-refractivity contribution in [3.63, 3.8) is 0 Å². The summed E-state index contributed by atoms with van der Waals surface area (Å²) in [6.45, 7) is 6.15. The zero-order valence-electron chi connectivity index (χ0n) is 12.0. The Labute approximate surface area is 110 Å². The minimum absolute atomic E-state index is 0.239. The molecular formula is C13H26N2O3. The summed E-state index contributed by atoms with van der Waals surface area (Å²) in [5, 5.41) is 3.27. The van der Waals surface area contributed by atoms with Crippen LogP contribution in [-0.2, 0) is 14.3 Å². The van der Waals surface area contributed by atoms with Crippen molar-refractivity contribution in [2.45, 2.75) is 13.3 Å². The van der Waals surface area contributed by atoms with E-state index in [4.69, 9.17) is 4.74 Å². The molecule has 0 aromatic rings. The van der Waals surface area contributed by atoms with Gasteiger partial charge in [0, 0.05) is 38.9 Å². The summed E-state index contributed by atoms with van der Waals surface area (Å²) in [5.41, 5.74) is 0.720. The van der Waals surface area contributed by atoms with Crippen LogP contribution in [0.4, 0.5) is 0 Å². The molecule has 0 fully saturated rings. The van der Waals surface area contributed by atoms with Crippen LogP contribution < -0.4 is 5.32 Å². The average molecular weight is 258 g/mol. The van der Waals surface area contributed by atoms with Crippen molar-refractivity contribution >= 4 is 5.97 Å². The number of carbonyl (C=O) groups is 1. The van der Waals surface area contributed by atoms with Crippen molar-refractivity contribution in [1.29, 1.82) is 0 Å². The van der Waals surface area contributed by atoms with Gasteiger partial charge in [-0.2, -0.15) is 0 Å². The summed E-state index contributed by atoms with van der Waals surface area (Å²) in [7, 11) is 5.17. The molecule has 0 heterocycles. The molecule has 0 saturated carbocycles. The van der Waals surface area contributed by atoms with Crippen LogP contribution in [0.5, 0.6) is 0 Å². The lowest BCUT2D eigenvalue weighted by molar-refractivity contribution is -0.136. The van der Waals surface area contributed by atoms with Crippen LogP contribution in [0, 0.1) is 0 Å². The van der Waals surface area contributed by atoms with E-state index in [0.29, 0.717) is 13.0 Å². The second-order valence-corrected chi connectivity index (χ2v) is 4.07. The smallest absolute Gasteiger partial charge is 0.333 e. The lowest BCUT2D eigenvalue weighted by Crippen LogP contribution is -2.31. The largest absolute Gasteiger partial charge is 0.466 e. The number of esters is 1. The molecule has 0 saturated heterocycles. The van der Waals surface area contributed by atoms with Crippen LogP contribution >= 0.6 is 0 Å². The van der Waals surface area contributed by atoms with Crippen molar-refractivity contribution < 1.29 is 14.3 Å². The maximum Gasteiger partial charge on any atom is 0.333 e. The number of methoxy groups -OCH3 is 2. The van der Waals surface area contributed by atoms with Crippen molar-refractivity contribution in [3.05, 3.63) is 11.6 Å². The molecule has 18 heavy (non-hydrogen) atoms. The molecule has 0 aromatic heterocycles. The average Bonchev–Trinajstić information content (AvgIpc) is 2.39. The van der Waals surface area contributed by atoms with E-state index in [-0.39, 0.29) is 5.97 Å². The van der Waals surface area contributed by atoms with E-state index in [1.54, 1.807) is 7.11 Å². The van der Waals surface area contributed by atoms with Gasteiger partial charge in [-0.1, -0.05) is 13.0 Å². The number of hydrogen-bond donors (Lipinski definition) is 1. The molecular weight excluding hydrogens is 232 g/mol. The Morgan fingerprint density at radius 2 is 2.06 bits per heavy atom. The highest BCUT2D eigenvalue weighted by Gasteiger charge is 2.05. The molecule has 0 bridgehead atoms. The third-order valence-corrected chi connectivity index (χ3v) is 2.67. The fourth-order valence-corrected chi connectivity index (χ4v) is 1.43. The fraction of sp³-hybridized carbons (Fsp3) is 0.769. The third kappa shape index (κ3) is 8.22. The molecule has 0 unspecified atom stereocenters. The van der Waals surface area contributed by atoms with E-state index in [9.17, 15) is 4.79 Å². The molecule has 5 nitrogen and oxygen atoms in total. The number of nitrogens with one attached hydrogen (secondary N) is 1. The molecule has 0 spiro atoms. The molecule has 0 rings (SSSR count). The number of rotatable bonds is 10. The zero-order valence-corrected chi connectivity index (χ0v) is 12.0. The lowest BCUT2D eigenvalue weighted by Gasteiger charge is -2.15. The van der Waals surface area contributed by atoms with Gasteiger partial charge in [0.1, 0.15) is 0 Å². The van der Waals surface area contributed by atoms with Crippen LogP contribution in [0.1, 0.15) is 13.3 Å². The maximum absolute atomic E-state index is 11.3. The van der Waals surface area contributed by atoms with E-state index >= 15 is 0 Å². The van der Waals surface area contributed by atoms with Gasteiger partial charge in [-0.15, -0.1) is 0 Å². The van der Waals surface area contributed by atoms with Crippen LogP contribution in [0.3, 0.4) is 0 Å². The summed E-state index contributed by atoms with van der Waals surface area (Å²) in [6, 6.07) is 0. The van der Waals surface area contributed by atoms with Crippen molar-refractivity contribution in [3.8, 4) is 0 Å². The van der Waals surface area contributed by atoms with Crippen LogP contribution in [0.25, 0.3) is 0 Å². The van der Waals surface area contributed by atoms with Gasteiger partial charge in [-0.25, -0.2) is 4.79 Å². The molecule has 0 amide bonds. The third-order valence-electron chi connectivity index (χ3n) is 2.67. The highest BCUT2D eigenvalue weighted by Crippen LogP contribution is 2.01. The van der Waals surface area contributed by atoms with Gasteiger partial charge in [0.05, 0.1) is 13.7 Å². The van der Waals surface area contributed by atoms with E-state index in [1.165, 1.54) is 7.11 Å². The minimum atomic E-state index is -0.239. The highest BCUT2D eigenvalue weighted by atomic mass is 16.5. The SMILES string of the molecule is CCC(=CCNCCN(C)CCOC)C(=O)OC. The van der Waals surface area contributed by atoms with Gasteiger partial charge in [0.25, 0.3) is 0 Å². The summed E-state index contributed by atoms with van der Waals surface area (Å²) in [4.78, 5) is 13.5. The predicted octanol–water partition coefficient (Wildman–Crippen LogP) is 0.664. The topological polar surface area (TPSA) is 50.8 Å². The Morgan fingerprint density at radius 1 is 1.33 bits per heavy atom. The molecule has 0 aliphatic rings. The molecule has 0 aliphatic heterocycles. The van der Waals surface area contributed by atoms with E-state index in [1.807, 2.05) is 13.0 Å². The monoisotopic (exact) mass is 258 g/mol. The number of hydrogen-bond acceptors (Lipinski definition) is 5. The Morgan fingerprint density at radius 3 is 2.61 bits per heavy atom. The Kier molecular flexibility index (Phi) is 10.6. The first-order chi connectivity index (χ1) is 8.65. The number of ether oxygens (including phenoxy) is 2. The lowest BCUT2D eigenvalue weighted by atomic mass is 10.2. The predicted molar refractivity (Wildman–Crippen MR) is 72.6 cm³/mol. The standard InChI is InChI=1S/C13H26N2O3/c1-5-12(13(16)18-4)6-7-14-8-9-15(2)10-11-17-3/h6,14H,5,7-11H2,1-4H3. The van der Waals surface area contributed by atoms with Gasteiger partial charge in [-0.3, -0.25) is 0 Å². The highest BCUT2D eigenvalue weighted by molar-refractivity contribution is 5.88. The summed E-state index contributed by atoms with van der Waals surface area (Å²) < 4.78 is 9.69. The number of carbonyl (C=O) groups excluding carboxylic acids is 1. The number of likely N-dealkylation sites (N-methyl/N-ethyl adjacent to an activating group) is 1. The quantitative estimate of drug-likeness (QED) is 0.354. The Hall–Kier alpha value is -0.910. The summed E-state index contributed by atoms with van der Waals surface area (Å²) in [5.74, 6) is -0.239. The van der Waals surface area contributed by atoms with Crippen molar-refractivity contribution in [1.82, 2.24) is 10.2 Å².